The largest absolute Gasteiger partial charge is 0.379 e. The molecule has 4 rings (SSSR count). The van der Waals surface area contributed by atoms with Gasteiger partial charge in [-0.05, 0) is 48.7 Å². The molecule has 1 fully saturated rings. The number of ether oxygens (including phenoxy) is 1. The van der Waals surface area contributed by atoms with Crippen molar-refractivity contribution in [2.75, 3.05) is 44.7 Å². The van der Waals surface area contributed by atoms with E-state index in [9.17, 15) is 14.0 Å². The van der Waals surface area contributed by atoms with Gasteiger partial charge < -0.3 is 10.1 Å². The second-order valence-corrected chi connectivity index (χ2v) is 8.35. The monoisotopic (exact) mass is 457 g/mol. The average molecular weight is 458 g/mol. The van der Waals surface area contributed by atoms with Crippen LogP contribution in [0.5, 0.6) is 0 Å². The zero-order chi connectivity index (χ0) is 22.7. The first kappa shape index (κ1) is 22.5. The van der Waals surface area contributed by atoms with E-state index in [1.165, 1.54) is 29.2 Å². The van der Waals surface area contributed by atoms with E-state index in [-0.39, 0.29) is 17.2 Å². The number of carbonyl (C=O) groups is 2. The van der Waals surface area contributed by atoms with Crippen molar-refractivity contribution in [3.8, 4) is 0 Å². The van der Waals surface area contributed by atoms with Crippen molar-refractivity contribution in [3.05, 3.63) is 70.1 Å². The molecule has 0 bridgehead atoms. The number of morpholine rings is 1. The van der Waals surface area contributed by atoms with E-state index in [1.54, 1.807) is 12.1 Å². The van der Waals surface area contributed by atoms with Gasteiger partial charge in [-0.15, -0.1) is 0 Å². The van der Waals surface area contributed by atoms with Gasteiger partial charge >= 0.3 is 0 Å². The van der Waals surface area contributed by atoms with Crippen molar-refractivity contribution in [2.45, 2.75) is 13.3 Å². The Morgan fingerprint density at radius 1 is 1.03 bits per heavy atom. The molecular weight excluding hydrogens is 433 g/mol. The first-order valence-corrected chi connectivity index (χ1v) is 11.0. The van der Waals surface area contributed by atoms with Crippen molar-refractivity contribution in [1.29, 1.82) is 0 Å². The summed E-state index contributed by atoms with van der Waals surface area (Å²) in [6.07, 6.45) is 0.664. The van der Waals surface area contributed by atoms with E-state index in [4.69, 9.17) is 16.3 Å². The molecule has 2 aliphatic heterocycles. The molecule has 2 aromatic carbocycles. The van der Waals surface area contributed by atoms with E-state index in [1.807, 2.05) is 13.0 Å². The van der Waals surface area contributed by atoms with E-state index in [2.05, 4.69) is 10.2 Å². The minimum absolute atomic E-state index is 0.179. The van der Waals surface area contributed by atoms with E-state index in [0.717, 1.165) is 25.2 Å². The third-order valence-corrected chi connectivity index (χ3v) is 5.96. The van der Waals surface area contributed by atoms with Gasteiger partial charge in [0.2, 0.25) is 0 Å². The zero-order valence-corrected chi connectivity index (χ0v) is 18.6. The first-order valence-electron chi connectivity index (χ1n) is 10.6. The fourth-order valence-corrected chi connectivity index (χ4v) is 4.09. The summed E-state index contributed by atoms with van der Waals surface area (Å²) in [6, 6.07) is 10.9. The number of hydrogen-bond acceptors (Lipinski definition) is 5. The summed E-state index contributed by atoms with van der Waals surface area (Å²) in [7, 11) is 0. The lowest BCUT2D eigenvalue weighted by Crippen LogP contribution is -2.39. The number of nitrogens with zero attached hydrogens (tertiary/aromatic N) is 2. The van der Waals surface area contributed by atoms with E-state index < -0.39 is 11.7 Å². The SMILES string of the molecule is Cc1ccc(Cl)cc1NC1=C(c2ccc(F)cc2)C(=O)N(CCCN2CCOCC2)C1=O. The number of imide groups is 1. The maximum absolute atomic E-state index is 13.5. The molecule has 0 saturated carbocycles. The molecule has 168 valence electrons. The molecular formula is C24H25ClFN3O3. The molecule has 0 aliphatic carbocycles. The predicted molar refractivity (Wildman–Crippen MR) is 122 cm³/mol. The molecule has 1 saturated heterocycles. The van der Waals surface area contributed by atoms with Crippen LogP contribution < -0.4 is 5.32 Å². The molecule has 0 aromatic heterocycles. The lowest BCUT2D eigenvalue weighted by atomic mass is 10.0. The van der Waals surface area contributed by atoms with Crippen LogP contribution in [0.2, 0.25) is 5.02 Å². The van der Waals surface area contributed by atoms with Crippen LogP contribution in [-0.2, 0) is 14.3 Å². The van der Waals surface area contributed by atoms with Crippen molar-refractivity contribution >= 4 is 34.7 Å². The predicted octanol–water partition coefficient (Wildman–Crippen LogP) is 3.70. The Labute approximate surface area is 191 Å². The van der Waals surface area contributed by atoms with Gasteiger partial charge in [0.25, 0.3) is 11.8 Å². The summed E-state index contributed by atoms with van der Waals surface area (Å²) < 4.78 is 18.8. The molecule has 2 aromatic rings. The van der Waals surface area contributed by atoms with Crippen LogP contribution in [0.3, 0.4) is 0 Å². The number of benzene rings is 2. The number of hydrogen-bond donors (Lipinski definition) is 1. The molecule has 6 nitrogen and oxygen atoms in total. The summed E-state index contributed by atoms with van der Waals surface area (Å²) in [5, 5.41) is 3.64. The maximum atomic E-state index is 13.5. The van der Waals surface area contributed by atoms with Gasteiger partial charge in [-0.1, -0.05) is 29.8 Å². The molecule has 0 radical (unpaired) electrons. The Balaban J connectivity index is 1.59. The topological polar surface area (TPSA) is 61.9 Å². The number of rotatable bonds is 7. The smallest absolute Gasteiger partial charge is 0.278 e. The Bertz CT molecular complexity index is 1050. The number of halogens is 2. The molecule has 8 heteroatoms. The van der Waals surface area contributed by atoms with Gasteiger partial charge in [-0.3, -0.25) is 19.4 Å². The summed E-state index contributed by atoms with van der Waals surface area (Å²) in [6.45, 7) is 6.07. The molecule has 0 spiro atoms. The third-order valence-electron chi connectivity index (χ3n) is 5.72. The van der Waals surface area contributed by atoms with Gasteiger partial charge in [0.1, 0.15) is 11.5 Å². The average Bonchev–Trinajstić information content (AvgIpc) is 3.02. The molecule has 2 amide bonds. The van der Waals surface area contributed by atoms with Crippen molar-refractivity contribution in [1.82, 2.24) is 9.80 Å². The molecule has 2 aliphatic rings. The number of nitrogens with one attached hydrogen (secondary N) is 1. The second-order valence-electron chi connectivity index (χ2n) is 7.91. The number of aryl methyl sites for hydroxylation is 1. The Hall–Kier alpha value is -2.74. The Kier molecular flexibility index (Phi) is 6.89. The Morgan fingerprint density at radius 2 is 1.75 bits per heavy atom. The normalized spacial score (nSPS) is 17.4. The molecule has 1 N–H and O–H groups in total. The van der Waals surface area contributed by atoms with Crippen LogP contribution in [0.15, 0.2) is 48.2 Å². The highest BCUT2D eigenvalue weighted by Gasteiger charge is 2.39. The lowest BCUT2D eigenvalue weighted by Gasteiger charge is -2.27. The van der Waals surface area contributed by atoms with Crippen LogP contribution in [0, 0.1) is 12.7 Å². The fourth-order valence-electron chi connectivity index (χ4n) is 3.92. The molecule has 0 atom stereocenters. The first-order chi connectivity index (χ1) is 15.4. The fraction of sp³-hybridized carbons (Fsp3) is 0.333. The van der Waals surface area contributed by atoms with Crippen LogP contribution >= 0.6 is 11.6 Å². The standard InChI is InChI=1S/C24H25ClFN3O3/c1-16-3-6-18(25)15-20(16)27-22-21(17-4-7-19(26)8-5-17)23(30)29(24(22)31)10-2-9-28-11-13-32-14-12-28/h3-8,15,27H,2,9-14H2,1H3. The van der Waals surface area contributed by atoms with E-state index in [0.29, 0.717) is 42.5 Å². The van der Waals surface area contributed by atoms with Gasteiger partial charge in [-0.2, -0.15) is 0 Å². The van der Waals surface area contributed by atoms with Crippen LogP contribution in [0.4, 0.5) is 10.1 Å². The summed E-state index contributed by atoms with van der Waals surface area (Å²) in [4.78, 5) is 30.1. The van der Waals surface area contributed by atoms with Crippen molar-refractivity contribution in [3.63, 3.8) is 0 Å². The van der Waals surface area contributed by atoms with Crippen molar-refractivity contribution in [2.24, 2.45) is 0 Å². The van der Waals surface area contributed by atoms with E-state index >= 15 is 0 Å². The highest BCUT2D eigenvalue weighted by molar-refractivity contribution is 6.36. The van der Waals surface area contributed by atoms with Gasteiger partial charge in [-0.25, -0.2) is 4.39 Å². The summed E-state index contributed by atoms with van der Waals surface area (Å²) >= 11 is 6.14. The van der Waals surface area contributed by atoms with Gasteiger partial charge in [0.05, 0.1) is 18.8 Å². The molecule has 0 unspecified atom stereocenters. The lowest BCUT2D eigenvalue weighted by molar-refractivity contribution is -0.136. The quantitative estimate of drug-likeness (QED) is 0.642. The van der Waals surface area contributed by atoms with Gasteiger partial charge in [0, 0.05) is 36.9 Å². The van der Waals surface area contributed by atoms with Crippen LogP contribution in [0.1, 0.15) is 17.5 Å². The third kappa shape index (κ3) is 4.85. The Morgan fingerprint density at radius 3 is 2.47 bits per heavy atom. The minimum atomic E-state index is -0.409. The van der Waals surface area contributed by atoms with Crippen LogP contribution in [0.25, 0.3) is 5.57 Å². The summed E-state index contributed by atoms with van der Waals surface area (Å²) in [5.41, 5.74) is 2.43. The molecule has 2 heterocycles. The zero-order valence-electron chi connectivity index (χ0n) is 17.9. The number of carbonyl (C=O) groups excluding carboxylic acids is 2. The highest BCUT2D eigenvalue weighted by Crippen LogP contribution is 2.32. The van der Waals surface area contributed by atoms with Crippen LogP contribution in [-0.4, -0.2) is 61.0 Å². The highest BCUT2D eigenvalue weighted by atomic mass is 35.5. The number of amides is 2. The minimum Gasteiger partial charge on any atom is -0.379 e. The summed E-state index contributed by atoms with van der Waals surface area (Å²) in [5.74, 6) is -1.19. The second kappa shape index (κ2) is 9.81. The van der Waals surface area contributed by atoms with Crippen molar-refractivity contribution < 1.29 is 18.7 Å². The number of anilines is 1. The maximum Gasteiger partial charge on any atom is 0.278 e. The molecule has 32 heavy (non-hydrogen) atoms. The van der Waals surface area contributed by atoms with Gasteiger partial charge in [0.15, 0.2) is 0 Å².